The van der Waals surface area contributed by atoms with Gasteiger partial charge in [-0.3, -0.25) is 0 Å². The van der Waals surface area contributed by atoms with Crippen molar-refractivity contribution < 1.29 is 0 Å². The van der Waals surface area contributed by atoms with Crippen molar-refractivity contribution in [3.05, 3.63) is 11.4 Å². The topological polar surface area (TPSA) is 55.0 Å². The molecule has 0 amide bonds. The maximum atomic E-state index is 5.94. The SMILES string of the molecule is CCCN(C)c1nc(C2CC2)nc(N)c1C. The van der Waals surface area contributed by atoms with Crippen molar-refractivity contribution in [2.24, 2.45) is 0 Å². The van der Waals surface area contributed by atoms with E-state index >= 15 is 0 Å². The van der Waals surface area contributed by atoms with Crippen molar-refractivity contribution in [2.45, 2.75) is 39.0 Å². The van der Waals surface area contributed by atoms with Crippen LogP contribution < -0.4 is 10.6 Å². The number of aromatic nitrogens is 2. The Morgan fingerprint density at radius 3 is 2.62 bits per heavy atom. The second-order valence-electron chi connectivity index (χ2n) is 4.61. The molecule has 4 heteroatoms. The lowest BCUT2D eigenvalue weighted by atomic mass is 10.2. The van der Waals surface area contributed by atoms with Gasteiger partial charge >= 0.3 is 0 Å². The molecule has 1 aliphatic carbocycles. The normalized spacial score (nSPS) is 15.2. The molecule has 1 aliphatic rings. The predicted molar refractivity (Wildman–Crippen MR) is 66.7 cm³/mol. The molecular formula is C12H20N4. The molecule has 1 saturated carbocycles. The first-order valence-electron chi connectivity index (χ1n) is 5.98. The van der Waals surface area contributed by atoms with E-state index in [0.717, 1.165) is 30.2 Å². The fourth-order valence-electron chi connectivity index (χ4n) is 1.88. The lowest BCUT2D eigenvalue weighted by Crippen LogP contribution is -2.22. The van der Waals surface area contributed by atoms with Gasteiger partial charge in [0.15, 0.2) is 0 Å². The molecule has 0 aromatic carbocycles. The highest BCUT2D eigenvalue weighted by molar-refractivity contribution is 5.56. The van der Waals surface area contributed by atoms with Crippen molar-refractivity contribution in [1.82, 2.24) is 9.97 Å². The second kappa shape index (κ2) is 4.28. The molecule has 2 N–H and O–H groups in total. The third-order valence-electron chi connectivity index (χ3n) is 3.04. The van der Waals surface area contributed by atoms with E-state index in [4.69, 9.17) is 5.73 Å². The van der Waals surface area contributed by atoms with Gasteiger partial charge in [-0.2, -0.15) is 0 Å². The van der Waals surface area contributed by atoms with Crippen LogP contribution in [0, 0.1) is 6.92 Å². The van der Waals surface area contributed by atoms with Gasteiger partial charge in [0.2, 0.25) is 0 Å². The van der Waals surface area contributed by atoms with Crippen LogP contribution in [-0.4, -0.2) is 23.6 Å². The van der Waals surface area contributed by atoms with E-state index in [0.29, 0.717) is 11.7 Å². The summed E-state index contributed by atoms with van der Waals surface area (Å²) in [6.45, 7) is 5.16. The van der Waals surface area contributed by atoms with Gasteiger partial charge in [0.1, 0.15) is 17.5 Å². The van der Waals surface area contributed by atoms with Crippen molar-refractivity contribution in [3.8, 4) is 0 Å². The number of anilines is 2. The molecule has 4 nitrogen and oxygen atoms in total. The molecule has 0 unspecified atom stereocenters. The van der Waals surface area contributed by atoms with E-state index < -0.39 is 0 Å². The molecule has 1 heterocycles. The minimum atomic E-state index is 0.552. The number of rotatable bonds is 4. The van der Waals surface area contributed by atoms with Gasteiger partial charge in [0, 0.05) is 25.1 Å². The Hall–Kier alpha value is -1.32. The van der Waals surface area contributed by atoms with E-state index in [2.05, 4.69) is 28.8 Å². The zero-order chi connectivity index (χ0) is 11.7. The van der Waals surface area contributed by atoms with Crippen LogP contribution in [0.3, 0.4) is 0 Å². The highest BCUT2D eigenvalue weighted by Gasteiger charge is 2.28. The Labute approximate surface area is 96.9 Å². The maximum absolute atomic E-state index is 5.94. The molecule has 1 aromatic rings. The van der Waals surface area contributed by atoms with Crippen LogP contribution in [0.4, 0.5) is 11.6 Å². The van der Waals surface area contributed by atoms with Gasteiger partial charge in [-0.05, 0) is 26.2 Å². The van der Waals surface area contributed by atoms with Crippen LogP contribution in [0.5, 0.6) is 0 Å². The van der Waals surface area contributed by atoms with E-state index in [9.17, 15) is 0 Å². The standard InChI is InChI=1S/C12H20N4/c1-4-7-16(3)12-8(2)10(13)14-11(15-12)9-5-6-9/h9H,4-7H2,1-3H3,(H2,13,14,15). The van der Waals surface area contributed by atoms with Gasteiger partial charge < -0.3 is 10.6 Å². The molecule has 0 atom stereocenters. The number of nitrogens with zero attached hydrogens (tertiary/aromatic N) is 3. The van der Waals surface area contributed by atoms with Crippen LogP contribution in [0.15, 0.2) is 0 Å². The quantitative estimate of drug-likeness (QED) is 0.844. The molecule has 0 aliphatic heterocycles. The highest BCUT2D eigenvalue weighted by atomic mass is 15.2. The van der Waals surface area contributed by atoms with Crippen LogP contribution in [0.2, 0.25) is 0 Å². The molecule has 1 fully saturated rings. The summed E-state index contributed by atoms with van der Waals surface area (Å²) in [6.07, 6.45) is 3.53. The van der Waals surface area contributed by atoms with Gasteiger partial charge in [-0.1, -0.05) is 6.92 Å². The first-order chi connectivity index (χ1) is 7.63. The Morgan fingerprint density at radius 1 is 1.38 bits per heavy atom. The summed E-state index contributed by atoms with van der Waals surface area (Å²) in [5, 5.41) is 0. The van der Waals surface area contributed by atoms with Crippen LogP contribution in [0.25, 0.3) is 0 Å². The fourth-order valence-corrected chi connectivity index (χ4v) is 1.88. The van der Waals surface area contributed by atoms with Gasteiger partial charge in [0.25, 0.3) is 0 Å². The highest BCUT2D eigenvalue weighted by Crippen LogP contribution is 2.39. The molecule has 0 bridgehead atoms. The maximum Gasteiger partial charge on any atom is 0.137 e. The third kappa shape index (κ3) is 2.10. The third-order valence-corrected chi connectivity index (χ3v) is 3.04. The number of nitrogens with two attached hydrogens (primary N) is 1. The fraction of sp³-hybridized carbons (Fsp3) is 0.667. The van der Waals surface area contributed by atoms with E-state index in [1.165, 1.54) is 12.8 Å². The summed E-state index contributed by atoms with van der Waals surface area (Å²) in [7, 11) is 2.06. The Morgan fingerprint density at radius 2 is 2.06 bits per heavy atom. The Balaban J connectivity index is 2.33. The van der Waals surface area contributed by atoms with E-state index in [1.54, 1.807) is 0 Å². The summed E-state index contributed by atoms with van der Waals surface area (Å²) < 4.78 is 0. The summed E-state index contributed by atoms with van der Waals surface area (Å²) in [4.78, 5) is 11.2. The monoisotopic (exact) mass is 220 g/mol. The largest absolute Gasteiger partial charge is 0.383 e. The molecule has 16 heavy (non-hydrogen) atoms. The number of nitrogen functional groups attached to an aromatic ring is 1. The minimum Gasteiger partial charge on any atom is -0.383 e. The average Bonchev–Trinajstić information content (AvgIpc) is 3.05. The van der Waals surface area contributed by atoms with Gasteiger partial charge in [-0.25, -0.2) is 9.97 Å². The molecule has 0 saturated heterocycles. The van der Waals surface area contributed by atoms with Crippen molar-refractivity contribution in [2.75, 3.05) is 24.2 Å². The zero-order valence-corrected chi connectivity index (χ0v) is 10.3. The molecule has 1 aromatic heterocycles. The van der Waals surface area contributed by atoms with Gasteiger partial charge in [0.05, 0.1) is 0 Å². The van der Waals surface area contributed by atoms with Crippen molar-refractivity contribution in [1.29, 1.82) is 0 Å². The molecular weight excluding hydrogens is 200 g/mol. The number of hydrogen-bond acceptors (Lipinski definition) is 4. The van der Waals surface area contributed by atoms with Crippen molar-refractivity contribution >= 4 is 11.6 Å². The van der Waals surface area contributed by atoms with Crippen molar-refractivity contribution in [3.63, 3.8) is 0 Å². The molecule has 2 rings (SSSR count). The summed E-state index contributed by atoms with van der Waals surface area (Å²) in [5.74, 6) is 3.11. The number of hydrogen-bond donors (Lipinski definition) is 1. The first-order valence-corrected chi connectivity index (χ1v) is 5.98. The smallest absolute Gasteiger partial charge is 0.137 e. The summed E-state index contributed by atoms with van der Waals surface area (Å²) in [5.41, 5.74) is 6.94. The lowest BCUT2D eigenvalue weighted by Gasteiger charge is -2.20. The lowest BCUT2D eigenvalue weighted by molar-refractivity contribution is 0.814. The van der Waals surface area contributed by atoms with Crippen LogP contribution in [-0.2, 0) is 0 Å². The molecule has 88 valence electrons. The van der Waals surface area contributed by atoms with Crippen LogP contribution >= 0.6 is 0 Å². The zero-order valence-electron chi connectivity index (χ0n) is 10.3. The molecule has 0 spiro atoms. The van der Waals surface area contributed by atoms with E-state index in [1.807, 2.05) is 6.92 Å². The minimum absolute atomic E-state index is 0.552. The molecule has 0 radical (unpaired) electrons. The predicted octanol–water partition coefficient (Wildman–Crippen LogP) is 2.09. The summed E-state index contributed by atoms with van der Waals surface area (Å²) >= 11 is 0. The van der Waals surface area contributed by atoms with Gasteiger partial charge in [-0.15, -0.1) is 0 Å². The second-order valence-corrected chi connectivity index (χ2v) is 4.61. The summed E-state index contributed by atoms with van der Waals surface area (Å²) in [6, 6.07) is 0. The Kier molecular flexibility index (Phi) is 2.99. The first kappa shape index (κ1) is 11.2. The Bertz CT molecular complexity index is 385. The average molecular weight is 220 g/mol. The van der Waals surface area contributed by atoms with E-state index in [-0.39, 0.29) is 0 Å². The van der Waals surface area contributed by atoms with Crippen LogP contribution in [0.1, 0.15) is 43.5 Å².